The number of aromatic amines is 1. The van der Waals surface area contributed by atoms with Gasteiger partial charge in [-0.15, -0.1) is 0 Å². The largest absolute Gasteiger partial charge is 0.349 e. The summed E-state index contributed by atoms with van der Waals surface area (Å²) in [5, 5.41) is 7.21. The van der Waals surface area contributed by atoms with Crippen molar-refractivity contribution in [2.75, 3.05) is 13.2 Å². The first-order valence-corrected chi connectivity index (χ1v) is 9.28. The van der Waals surface area contributed by atoms with Crippen LogP contribution < -0.4 is 0 Å². The Bertz CT molecular complexity index is 1040. The van der Waals surface area contributed by atoms with Gasteiger partial charge in [0.15, 0.2) is 11.9 Å². The summed E-state index contributed by atoms with van der Waals surface area (Å²) in [7, 11) is 0. The van der Waals surface area contributed by atoms with E-state index in [4.69, 9.17) is 9.47 Å². The molecule has 4 rings (SSSR count). The molecule has 0 atom stereocenters. The van der Waals surface area contributed by atoms with Crippen molar-refractivity contribution in [2.24, 2.45) is 0 Å². The number of rotatable bonds is 8. The summed E-state index contributed by atoms with van der Waals surface area (Å²) < 4.78 is 13.5. The van der Waals surface area contributed by atoms with Crippen LogP contribution in [0.3, 0.4) is 0 Å². The molecule has 1 N–H and O–H groups in total. The number of imidazole rings is 1. The lowest BCUT2D eigenvalue weighted by Gasteiger charge is -2.16. The third-order valence-electron chi connectivity index (χ3n) is 4.39. The average Bonchev–Trinajstić information content (AvgIpc) is 3.36. The van der Waals surface area contributed by atoms with Gasteiger partial charge >= 0.3 is 0 Å². The van der Waals surface area contributed by atoms with Crippen LogP contribution in [0.4, 0.5) is 0 Å². The van der Waals surface area contributed by atoms with E-state index in [1.807, 2.05) is 36.6 Å². The predicted octanol–water partition coefficient (Wildman–Crippen LogP) is 3.34. The highest BCUT2D eigenvalue weighted by molar-refractivity contribution is 5.86. The van der Waals surface area contributed by atoms with Crippen LogP contribution in [0.5, 0.6) is 0 Å². The molecule has 3 aromatic heterocycles. The molecule has 0 saturated carbocycles. The molecule has 0 aliphatic rings. The van der Waals surface area contributed by atoms with Gasteiger partial charge in [0.25, 0.3) is 0 Å². The molecule has 144 valence electrons. The van der Waals surface area contributed by atoms with Gasteiger partial charge in [-0.05, 0) is 19.4 Å². The van der Waals surface area contributed by atoms with Gasteiger partial charge < -0.3 is 14.0 Å². The number of hydrogen-bond donors (Lipinski definition) is 1. The average molecular weight is 378 g/mol. The summed E-state index contributed by atoms with van der Waals surface area (Å²) in [6, 6.07) is 10.2. The molecule has 8 heteroatoms. The molecule has 0 aliphatic carbocycles. The highest BCUT2D eigenvalue weighted by Gasteiger charge is 2.22. The van der Waals surface area contributed by atoms with Crippen molar-refractivity contribution in [3.8, 4) is 11.4 Å². The molecule has 8 nitrogen and oxygen atoms in total. The quantitative estimate of drug-likeness (QED) is 0.473. The van der Waals surface area contributed by atoms with Gasteiger partial charge in [-0.3, -0.25) is 5.10 Å². The Hall–Kier alpha value is -3.10. The lowest BCUT2D eigenvalue weighted by atomic mass is 10.1. The molecule has 0 unspecified atom stereocenters. The van der Waals surface area contributed by atoms with E-state index >= 15 is 0 Å². The van der Waals surface area contributed by atoms with Crippen LogP contribution in [0, 0.1) is 0 Å². The van der Waals surface area contributed by atoms with Crippen molar-refractivity contribution in [2.45, 2.75) is 26.7 Å². The summed E-state index contributed by atoms with van der Waals surface area (Å²) in [5.41, 5.74) is 4.84. The van der Waals surface area contributed by atoms with E-state index < -0.39 is 6.29 Å². The van der Waals surface area contributed by atoms with Crippen molar-refractivity contribution in [1.29, 1.82) is 0 Å². The van der Waals surface area contributed by atoms with Gasteiger partial charge in [0.05, 0.1) is 30.3 Å². The number of fused-ring (bicyclic) bond motifs is 1. The maximum atomic E-state index is 5.73. The van der Waals surface area contributed by atoms with E-state index in [9.17, 15) is 0 Å². The number of ether oxygens (including phenoxy) is 2. The van der Waals surface area contributed by atoms with Gasteiger partial charge in [0.2, 0.25) is 0 Å². The fraction of sp³-hybridized carbons (Fsp3) is 0.300. The monoisotopic (exact) mass is 378 g/mol. The molecule has 1 aromatic carbocycles. The van der Waals surface area contributed by atoms with Crippen molar-refractivity contribution >= 4 is 11.2 Å². The van der Waals surface area contributed by atoms with Gasteiger partial charge in [-0.1, -0.05) is 30.3 Å². The second kappa shape index (κ2) is 8.28. The maximum Gasteiger partial charge on any atom is 0.187 e. The number of nitrogens with zero attached hydrogens (tertiary/aromatic N) is 5. The Morgan fingerprint density at radius 3 is 2.57 bits per heavy atom. The van der Waals surface area contributed by atoms with Crippen LogP contribution >= 0.6 is 0 Å². The Balaban J connectivity index is 1.74. The lowest BCUT2D eigenvalue weighted by molar-refractivity contribution is -0.139. The molecule has 28 heavy (non-hydrogen) atoms. The van der Waals surface area contributed by atoms with E-state index in [1.165, 1.54) is 5.56 Å². The van der Waals surface area contributed by atoms with Crippen molar-refractivity contribution in [3.63, 3.8) is 0 Å². The van der Waals surface area contributed by atoms with Gasteiger partial charge in [-0.25, -0.2) is 15.0 Å². The Morgan fingerprint density at radius 1 is 1.04 bits per heavy atom. The highest BCUT2D eigenvalue weighted by Crippen LogP contribution is 2.31. The zero-order valence-corrected chi connectivity index (χ0v) is 15.9. The molecular formula is C20H22N6O2. The van der Waals surface area contributed by atoms with Crippen LogP contribution in [0.15, 0.2) is 49.2 Å². The molecule has 0 saturated heterocycles. The van der Waals surface area contributed by atoms with E-state index in [2.05, 4.69) is 37.3 Å². The van der Waals surface area contributed by atoms with E-state index in [0.717, 1.165) is 16.9 Å². The number of hydrogen-bond acceptors (Lipinski definition) is 6. The first kappa shape index (κ1) is 18.3. The lowest BCUT2D eigenvalue weighted by Crippen LogP contribution is -2.09. The van der Waals surface area contributed by atoms with Crippen LogP contribution in [-0.2, 0) is 16.0 Å². The van der Waals surface area contributed by atoms with Crippen molar-refractivity contribution in [1.82, 2.24) is 29.7 Å². The molecule has 0 radical (unpaired) electrons. The number of benzene rings is 1. The van der Waals surface area contributed by atoms with Gasteiger partial charge in [-0.2, -0.15) is 5.10 Å². The zero-order chi connectivity index (χ0) is 19.3. The van der Waals surface area contributed by atoms with Crippen molar-refractivity contribution in [3.05, 3.63) is 60.3 Å². The molecule has 0 aliphatic heterocycles. The SMILES string of the molecule is CCOC(OCC)c1cn[nH]c1-c1ncnc2c1ncn2Cc1ccccc1. The summed E-state index contributed by atoms with van der Waals surface area (Å²) in [6.45, 7) is 5.60. The third kappa shape index (κ3) is 3.51. The predicted molar refractivity (Wildman–Crippen MR) is 104 cm³/mol. The number of aromatic nitrogens is 6. The van der Waals surface area contributed by atoms with E-state index in [-0.39, 0.29) is 0 Å². The van der Waals surface area contributed by atoms with Crippen LogP contribution in [0.2, 0.25) is 0 Å². The Morgan fingerprint density at radius 2 is 1.82 bits per heavy atom. The smallest absolute Gasteiger partial charge is 0.187 e. The second-order valence-corrected chi connectivity index (χ2v) is 6.20. The number of nitrogens with one attached hydrogen (secondary N) is 1. The Labute approximate surface area is 162 Å². The second-order valence-electron chi connectivity index (χ2n) is 6.20. The minimum atomic E-state index is -0.514. The number of H-pyrrole nitrogens is 1. The normalized spacial score (nSPS) is 11.5. The fourth-order valence-corrected chi connectivity index (χ4v) is 3.15. The minimum Gasteiger partial charge on any atom is -0.349 e. The third-order valence-corrected chi connectivity index (χ3v) is 4.39. The Kier molecular flexibility index (Phi) is 5.41. The molecule has 3 heterocycles. The van der Waals surface area contributed by atoms with Crippen LogP contribution in [-0.4, -0.2) is 42.9 Å². The topological polar surface area (TPSA) is 90.7 Å². The van der Waals surface area contributed by atoms with Crippen LogP contribution in [0.1, 0.15) is 31.3 Å². The first-order chi connectivity index (χ1) is 13.8. The molecular weight excluding hydrogens is 356 g/mol. The highest BCUT2D eigenvalue weighted by atomic mass is 16.7. The van der Waals surface area contributed by atoms with Gasteiger partial charge in [0.1, 0.15) is 17.5 Å². The van der Waals surface area contributed by atoms with E-state index in [1.54, 1.807) is 18.9 Å². The zero-order valence-electron chi connectivity index (χ0n) is 15.9. The van der Waals surface area contributed by atoms with E-state index in [0.29, 0.717) is 31.0 Å². The molecule has 4 aromatic rings. The first-order valence-electron chi connectivity index (χ1n) is 9.28. The van der Waals surface area contributed by atoms with Crippen LogP contribution in [0.25, 0.3) is 22.6 Å². The van der Waals surface area contributed by atoms with Crippen molar-refractivity contribution < 1.29 is 9.47 Å². The minimum absolute atomic E-state index is 0.514. The fourth-order valence-electron chi connectivity index (χ4n) is 3.15. The summed E-state index contributed by atoms with van der Waals surface area (Å²) in [5.74, 6) is 0. The maximum absolute atomic E-state index is 5.73. The molecule has 0 amide bonds. The summed E-state index contributed by atoms with van der Waals surface area (Å²) >= 11 is 0. The molecule has 0 bridgehead atoms. The molecule has 0 fully saturated rings. The summed E-state index contributed by atoms with van der Waals surface area (Å²) in [4.78, 5) is 13.5. The van der Waals surface area contributed by atoms with Gasteiger partial charge in [0, 0.05) is 13.2 Å². The molecule has 0 spiro atoms. The summed E-state index contributed by atoms with van der Waals surface area (Å²) in [6.07, 6.45) is 4.52. The standard InChI is InChI=1S/C20H22N6O2/c1-3-27-20(28-4-2)15-10-24-25-16(15)17-18-19(22-12-21-17)26(13-23-18)11-14-8-6-5-7-9-14/h5-10,12-13,20H,3-4,11H2,1-2H3,(H,24,25).